The van der Waals surface area contributed by atoms with Crippen LogP contribution in [0.25, 0.3) is 0 Å². The van der Waals surface area contributed by atoms with Crippen LogP contribution in [0.3, 0.4) is 0 Å². The number of carbonyl (C=O) groups excluding carboxylic acids is 2. The molecule has 21 heavy (non-hydrogen) atoms. The standard InChI is InChI=1S/C14H21F3O4/c1-5-7-10(6-2)11(18)20-8-13(3,4)9-21-12(19)14(15,16)17/h7H,5-6,8-9H2,1-4H3/b10-7+. The second-order valence-electron chi connectivity index (χ2n) is 5.31. The Balaban J connectivity index is 4.40. The molecule has 0 spiro atoms. The van der Waals surface area contributed by atoms with Crippen molar-refractivity contribution in [3.8, 4) is 0 Å². The molecule has 0 aromatic heterocycles. The Morgan fingerprint density at radius 3 is 2.00 bits per heavy atom. The number of esters is 2. The largest absolute Gasteiger partial charge is 0.490 e. The van der Waals surface area contributed by atoms with Crippen molar-refractivity contribution in [2.45, 2.75) is 46.7 Å². The summed E-state index contributed by atoms with van der Waals surface area (Å²) in [5.41, 5.74) is -0.387. The van der Waals surface area contributed by atoms with E-state index in [9.17, 15) is 22.8 Å². The van der Waals surface area contributed by atoms with E-state index >= 15 is 0 Å². The van der Waals surface area contributed by atoms with E-state index in [-0.39, 0.29) is 6.61 Å². The fourth-order valence-corrected chi connectivity index (χ4v) is 1.36. The third kappa shape index (κ3) is 7.72. The predicted octanol–water partition coefficient (Wildman–Crippen LogP) is 3.41. The van der Waals surface area contributed by atoms with Gasteiger partial charge in [-0.2, -0.15) is 13.2 Å². The first-order valence-corrected chi connectivity index (χ1v) is 6.63. The maximum Gasteiger partial charge on any atom is 0.490 e. The Bertz CT molecular complexity index is 398. The van der Waals surface area contributed by atoms with Gasteiger partial charge in [-0.25, -0.2) is 9.59 Å². The van der Waals surface area contributed by atoms with Crippen LogP contribution in [0.4, 0.5) is 13.2 Å². The summed E-state index contributed by atoms with van der Waals surface area (Å²) in [6.45, 7) is 6.14. The molecule has 0 saturated heterocycles. The Morgan fingerprint density at radius 1 is 1.05 bits per heavy atom. The van der Waals surface area contributed by atoms with Gasteiger partial charge in [-0.15, -0.1) is 0 Å². The molecule has 0 aromatic rings. The zero-order valence-electron chi connectivity index (χ0n) is 12.7. The molecular weight excluding hydrogens is 289 g/mol. The third-order valence-corrected chi connectivity index (χ3v) is 2.51. The summed E-state index contributed by atoms with van der Waals surface area (Å²) < 4.78 is 45.2. The number of carbonyl (C=O) groups is 2. The van der Waals surface area contributed by atoms with Crippen molar-refractivity contribution in [3.05, 3.63) is 11.6 Å². The fourth-order valence-electron chi connectivity index (χ4n) is 1.36. The molecule has 0 aromatic carbocycles. The van der Waals surface area contributed by atoms with E-state index in [0.717, 1.165) is 0 Å². The molecule has 0 rings (SSSR count). The summed E-state index contributed by atoms with van der Waals surface area (Å²) in [4.78, 5) is 22.4. The van der Waals surface area contributed by atoms with E-state index in [1.54, 1.807) is 26.8 Å². The number of halogens is 3. The van der Waals surface area contributed by atoms with Crippen molar-refractivity contribution in [1.29, 1.82) is 0 Å². The van der Waals surface area contributed by atoms with Crippen molar-refractivity contribution in [2.24, 2.45) is 5.41 Å². The van der Waals surface area contributed by atoms with Gasteiger partial charge in [0, 0.05) is 11.0 Å². The van der Waals surface area contributed by atoms with Crippen molar-refractivity contribution >= 4 is 11.9 Å². The minimum absolute atomic E-state index is 0.141. The number of alkyl halides is 3. The SMILES string of the molecule is CC/C=C(\CC)C(=O)OCC(C)(C)COC(=O)C(F)(F)F. The minimum atomic E-state index is -5.02. The van der Waals surface area contributed by atoms with Crippen LogP contribution in [0.2, 0.25) is 0 Å². The molecule has 0 unspecified atom stereocenters. The molecule has 7 heteroatoms. The van der Waals surface area contributed by atoms with E-state index in [1.165, 1.54) is 0 Å². The monoisotopic (exact) mass is 310 g/mol. The Hall–Kier alpha value is -1.53. The maximum atomic E-state index is 12.0. The molecule has 4 nitrogen and oxygen atoms in total. The second-order valence-corrected chi connectivity index (χ2v) is 5.31. The van der Waals surface area contributed by atoms with Gasteiger partial charge in [0.1, 0.15) is 0 Å². The highest BCUT2D eigenvalue weighted by atomic mass is 19.4. The Kier molecular flexibility index (Phi) is 7.46. The average Bonchev–Trinajstić information content (AvgIpc) is 2.38. The van der Waals surface area contributed by atoms with Gasteiger partial charge in [0.05, 0.1) is 13.2 Å². The number of ether oxygens (including phenoxy) is 2. The van der Waals surface area contributed by atoms with Crippen LogP contribution in [0.5, 0.6) is 0 Å². The van der Waals surface area contributed by atoms with E-state index in [2.05, 4.69) is 4.74 Å². The zero-order chi connectivity index (χ0) is 16.7. The van der Waals surface area contributed by atoms with Gasteiger partial charge in [-0.1, -0.05) is 33.8 Å². The van der Waals surface area contributed by atoms with Gasteiger partial charge in [0.25, 0.3) is 0 Å². The van der Waals surface area contributed by atoms with Gasteiger partial charge >= 0.3 is 18.1 Å². The molecule has 0 bridgehead atoms. The van der Waals surface area contributed by atoms with Crippen LogP contribution in [0.1, 0.15) is 40.5 Å². The summed E-state index contributed by atoms with van der Waals surface area (Å²) in [5.74, 6) is -2.75. The van der Waals surface area contributed by atoms with Crippen molar-refractivity contribution in [2.75, 3.05) is 13.2 Å². The number of allylic oxidation sites excluding steroid dienone is 1. The van der Waals surface area contributed by atoms with E-state index in [4.69, 9.17) is 4.74 Å². The molecule has 0 aliphatic heterocycles. The lowest BCUT2D eigenvalue weighted by Crippen LogP contribution is -2.33. The van der Waals surface area contributed by atoms with Crippen LogP contribution in [-0.4, -0.2) is 31.3 Å². The van der Waals surface area contributed by atoms with Gasteiger partial charge in [-0.05, 0) is 12.8 Å². The van der Waals surface area contributed by atoms with Gasteiger partial charge < -0.3 is 9.47 Å². The van der Waals surface area contributed by atoms with Crippen LogP contribution >= 0.6 is 0 Å². The first-order chi connectivity index (χ1) is 9.53. The Morgan fingerprint density at radius 2 is 1.57 bits per heavy atom. The maximum absolute atomic E-state index is 12.0. The molecule has 0 heterocycles. The smallest absolute Gasteiger partial charge is 0.462 e. The molecule has 0 radical (unpaired) electrons. The summed E-state index contributed by atoms with van der Waals surface area (Å²) in [5, 5.41) is 0. The zero-order valence-corrected chi connectivity index (χ0v) is 12.7. The molecule has 0 saturated carbocycles. The number of rotatable bonds is 7. The summed E-state index contributed by atoms with van der Waals surface area (Å²) in [7, 11) is 0. The molecule has 0 aliphatic carbocycles. The molecular formula is C14H21F3O4. The molecule has 0 amide bonds. The van der Waals surface area contributed by atoms with Crippen molar-refractivity contribution < 1.29 is 32.2 Å². The van der Waals surface area contributed by atoms with Gasteiger partial charge in [0.2, 0.25) is 0 Å². The van der Waals surface area contributed by atoms with Gasteiger partial charge in [-0.3, -0.25) is 0 Å². The molecule has 0 fully saturated rings. The van der Waals surface area contributed by atoms with Crippen molar-refractivity contribution in [1.82, 2.24) is 0 Å². The van der Waals surface area contributed by atoms with E-state index in [1.807, 2.05) is 6.92 Å². The highest BCUT2D eigenvalue weighted by Gasteiger charge is 2.41. The third-order valence-electron chi connectivity index (χ3n) is 2.51. The number of hydrogen-bond donors (Lipinski definition) is 0. The topological polar surface area (TPSA) is 52.6 Å². The molecule has 0 atom stereocenters. The summed E-state index contributed by atoms with van der Waals surface area (Å²) in [6, 6.07) is 0. The van der Waals surface area contributed by atoms with Crippen LogP contribution in [-0.2, 0) is 19.1 Å². The van der Waals surface area contributed by atoms with Crippen molar-refractivity contribution in [3.63, 3.8) is 0 Å². The highest BCUT2D eigenvalue weighted by Crippen LogP contribution is 2.21. The molecule has 0 aliphatic rings. The second kappa shape index (κ2) is 8.05. The summed E-state index contributed by atoms with van der Waals surface area (Å²) in [6.07, 6.45) is -2.09. The fraction of sp³-hybridized carbons (Fsp3) is 0.714. The minimum Gasteiger partial charge on any atom is -0.462 e. The number of hydrogen-bond acceptors (Lipinski definition) is 4. The molecule has 0 N–H and O–H groups in total. The van der Waals surface area contributed by atoms with Crippen LogP contribution < -0.4 is 0 Å². The van der Waals surface area contributed by atoms with Crippen LogP contribution in [0.15, 0.2) is 11.6 Å². The predicted molar refractivity (Wildman–Crippen MR) is 70.4 cm³/mol. The molecule has 122 valence electrons. The Labute approximate surface area is 122 Å². The van der Waals surface area contributed by atoms with Crippen LogP contribution in [0, 0.1) is 5.41 Å². The van der Waals surface area contributed by atoms with Gasteiger partial charge in [0.15, 0.2) is 0 Å². The first-order valence-electron chi connectivity index (χ1n) is 6.63. The lowest BCUT2D eigenvalue weighted by molar-refractivity contribution is -0.203. The first kappa shape index (κ1) is 19.5. The van der Waals surface area contributed by atoms with E-state index < -0.39 is 30.1 Å². The highest BCUT2D eigenvalue weighted by molar-refractivity contribution is 5.88. The lowest BCUT2D eigenvalue weighted by atomic mass is 9.96. The normalized spacial score (nSPS) is 13.0. The van der Waals surface area contributed by atoms with E-state index in [0.29, 0.717) is 18.4 Å². The summed E-state index contributed by atoms with van der Waals surface area (Å²) >= 11 is 0. The lowest BCUT2D eigenvalue weighted by Gasteiger charge is -2.24. The quantitative estimate of drug-likeness (QED) is 0.534. The average molecular weight is 310 g/mol.